The number of anilines is 1. The average Bonchev–Trinajstić information content (AvgIpc) is 2.44. The van der Waals surface area contributed by atoms with Crippen molar-refractivity contribution in [3.8, 4) is 28.9 Å². The first-order valence-corrected chi connectivity index (χ1v) is 6.44. The van der Waals surface area contributed by atoms with Crippen LogP contribution in [-0.4, -0.2) is 35.3 Å². The van der Waals surface area contributed by atoms with Crippen LogP contribution in [-0.2, 0) is 0 Å². The molecule has 0 saturated heterocycles. The van der Waals surface area contributed by atoms with Gasteiger partial charge in [0.15, 0.2) is 17.3 Å². The van der Waals surface area contributed by atoms with Crippen molar-refractivity contribution >= 4 is 5.95 Å². The number of methoxy groups -OCH3 is 2. The molecule has 0 amide bonds. The summed E-state index contributed by atoms with van der Waals surface area (Å²) in [5.41, 5.74) is 6.37. The SMILES string of the molecule is COc1cccc(-c2nc(N)nc(OC(C)C)n2)c1OC. The minimum atomic E-state index is -0.0631. The van der Waals surface area contributed by atoms with Crippen molar-refractivity contribution in [2.45, 2.75) is 20.0 Å². The summed E-state index contributed by atoms with van der Waals surface area (Å²) in [6.07, 6.45) is -0.0631. The number of aromatic nitrogens is 3. The highest BCUT2D eigenvalue weighted by Gasteiger charge is 2.16. The Morgan fingerprint density at radius 2 is 1.81 bits per heavy atom. The lowest BCUT2D eigenvalue weighted by atomic mass is 10.1. The molecule has 1 heterocycles. The Bertz CT molecular complexity index is 632. The lowest BCUT2D eigenvalue weighted by molar-refractivity contribution is 0.222. The molecule has 0 radical (unpaired) electrons. The molecule has 7 heteroatoms. The molecule has 2 rings (SSSR count). The molecule has 1 aromatic carbocycles. The van der Waals surface area contributed by atoms with Gasteiger partial charge in [-0.05, 0) is 26.0 Å². The van der Waals surface area contributed by atoms with Crippen LogP contribution in [0.25, 0.3) is 11.4 Å². The van der Waals surface area contributed by atoms with E-state index in [0.717, 1.165) is 0 Å². The standard InChI is InChI=1S/C14H18N4O3/c1-8(2)21-14-17-12(16-13(15)18-14)9-6-5-7-10(19-3)11(9)20-4/h5-8H,1-4H3,(H2,15,16,17,18). The van der Waals surface area contributed by atoms with Crippen molar-refractivity contribution in [2.75, 3.05) is 20.0 Å². The molecular formula is C14H18N4O3. The number of nitrogens with two attached hydrogens (primary N) is 1. The third kappa shape index (κ3) is 3.31. The van der Waals surface area contributed by atoms with Gasteiger partial charge in [0.05, 0.1) is 25.9 Å². The van der Waals surface area contributed by atoms with Gasteiger partial charge >= 0.3 is 6.01 Å². The fraction of sp³-hybridized carbons (Fsp3) is 0.357. The average molecular weight is 290 g/mol. The van der Waals surface area contributed by atoms with E-state index in [1.54, 1.807) is 20.3 Å². The molecule has 0 aliphatic carbocycles. The van der Waals surface area contributed by atoms with Crippen LogP contribution in [0.3, 0.4) is 0 Å². The number of para-hydroxylation sites is 1. The smallest absolute Gasteiger partial charge is 0.322 e. The second-order valence-corrected chi connectivity index (χ2v) is 4.51. The highest BCUT2D eigenvalue weighted by Crippen LogP contribution is 2.36. The maximum Gasteiger partial charge on any atom is 0.322 e. The van der Waals surface area contributed by atoms with E-state index >= 15 is 0 Å². The van der Waals surface area contributed by atoms with Gasteiger partial charge < -0.3 is 19.9 Å². The molecule has 0 unspecified atom stereocenters. The molecule has 112 valence electrons. The van der Waals surface area contributed by atoms with E-state index in [4.69, 9.17) is 19.9 Å². The second kappa shape index (κ2) is 6.25. The molecule has 0 atom stereocenters. The van der Waals surface area contributed by atoms with Gasteiger partial charge in [-0.25, -0.2) is 0 Å². The largest absolute Gasteiger partial charge is 0.493 e. The number of hydrogen-bond donors (Lipinski definition) is 1. The maximum atomic E-state index is 5.72. The lowest BCUT2D eigenvalue weighted by Crippen LogP contribution is -2.11. The monoisotopic (exact) mass is 290 g/mol. The number of nitrogens with zero attached hydrogens (tertiary/aromatic N) is 3. The Kier molecular flexibility index (Phi) is 4.42. The van der Waals surface area contributed by atoms with E-state index in [2.05, 4.69) is 15.0 Å². The van der Waals surface area contributed by atoms with Crippen LogP contribution >= 0.6 is 0 Å². The van der Waals surface area contributed by atoms with Crippen LogP contribution in [0.4, 0.5) is 5.95 Å². The van der Waals surface area contributed by atoms with Crippen LogP contribution in [0, 0.1) is 0 Å². The Hall–Kier alpha value is -2.57. The number of benzene rings is 1. The van der Waals surface area contributed by atoms with E-state index in [9.17, 15) is 0 Å². The second-order valence-electron chi connectivity index (χ2n) is 4.51. The third-order valence-electron chi connectivity index (χ3n) is 2.62. The molecule has 0 fully saturated rings. The Morgan fingerprint density at radius 1 is 1.05 bits per heavy atom. The van der Waals surface area contributed by atoms with Crippen molar-refractivity contribution in [3.63, 3.8) is 0 Å². The molecule has 0 bridgehead atoms. The molecule has 0 spiro atoms. The summed E-state index contributed by atoms with van der Waals surface area (Å²) in [7, 11) is 3.12. The summed E-state index contributed by atoms with van der Waals surface area (Å²) < 4.78 is 16.1. The highest BCUT2D eigenvalue weighted by molar-refractivity contribution is 5.69. The van der Waals surface area contributed by atoms with E-state index in [1.165, 1.54) is 0 Å². The van der Waals surface area contributed by atoms with Crippen LogP contribution in [0.5, 0.6) is 17.5 Å². The Balaban J connectivity index is 2.53. The quantitative estimate of drug-likeness (QED) is 0.899. The van der Waals surface area contributed by atoms with Gasteiger partial charge in [0, 0.05) is 0 Å². The van der Waals surface area contributed by atoms with Gasteiger partial charge in [-0.15, -0.1) is 0 Å². The topological polar surface area (TPSA) is 92.4 Å². The zero-order chi connectivity index (χ0) is 15.4. The van der Waals surface area contributed by atoms with Gasteiger partial charge in [0.2, 0.25) is 5.95 Å². The minimum Gasteiger partial charge on any atom is -0.493 e. The summed E-state index contributed by atoms with van der Waals surface area (Å²) in [6.45, 7) is 3.76. The van der Waals surface area contributed by atoms with Crippen molar-refractivity contribution in [3.05, 3.63) is 18.2 Å². The maximum absolute atomic E-state index is 5.72. The van der Waals surface area contributed by atoms with Crippen molar-refractivity contribution in [1.29, 1.82) is 0 Å². The van der Waals surface area contributed by atoms with Gasteiger partial charge in [-0.2, -0.15) is 15.0 Å². The summed E-state index contributed by atoms with van der Waals surface area (Å²) in [5, 5.41) is 0. The first-order valence-electron chi connectivity index (χ1n) is 6.44. The molecule has 2 aromatic rings. The molecule has 7 nitrogen and oxygen atoms in total. The lowest BCUT2D eigenvalue weighted by Gasteiger charge is -2.13. The molecule has 0 aliphatic heterocycles. The molecule has 2 N–H and O–H groups in total. The first-order chi connectivity index (χ1) is 10.0. The van der Waals surface area contributed by atoms with E-state index in [-0.39, 0.29) is 18.1 Å². The zero-order valence-electron chi connectivity index (χ0n) is 12.5. The third-order valence-corrected chi connectivity index (χ3v) is 2.62. The molecule has 0 saturated carbocycles. The van der Waals surface area contributed by atoms with Crippen molar-refractivity contribution < 1.29 is 14.2 Å². The fourth-order valence-electron chi connectivity index (χ4n) is 1.82. The number of hydrogen-bond acceptors (Lipinski definition) is 7. The Morgan fingerprint density at radius 3 is 2.43 bits per heavy atom. The number of nitrogen functional groups attached to an aromatic ring is 1. The predicted molar refractivity (Wildman–Crippen MR) is 78.5 cm³/mol. The van der Waals surface area contributed by atoms with Crippen LogP contribution < -0.4 is 19.9 Å². The summed E-state index contributed by atoms with van der Waals surface area (Å²) in [6, 6.07) is 5.60. The van der Waals surface area contributed by atoms with Crippen molar-refractivity contribution in [1.82, 2.24) is 15.0 Å². The predicted octanol–water partition coefficient (Wildman–Crippen LogP) is 1.93. The fourth-order valence-corrected chi connectivity index (χ4v) is 1.82. The first kappa shape index (κ1) is 14.8. The molecule has 0 aliphatic rings. The van der Waals surface area contributed by atoms with Gasteiger partial charge in [-0.1, -0.05) is 6.07 Å². The zero-order valence-corrected chi connectivity index (χ0v) is 12.5. The van der Waals surface area contributed by atoms with Gasteiger partial charge in [0.1, 0.15) is 0 Å². The van der Waals surface area contributed by atoms with Gasteiger partial charge in [-0.3, -0.25) is 0 Å². The van der Waals surface area contributed by atoms with Crippen molar-refractivity contribution in [2.24, 2.45) is 0 Å². The summed E-state index contributed by atoms with van der Waals surface area (Å²) in [4.78, 5) is 12.4. The summed E-state index contributed by atoms with van der Waals surface area (Å²) >= 11 is 0. The minimum absolute atomic E-state index is 0.0631. The number of rotatable bonds is 5. The molecule has 21 heavy (non-hydrogen) atoms. The summed E-state index contributed by atoms with van der Waals surface area (Å²) in [5.74, 6) is 1.57. The van der Waals surface area contributed by atoms with Gasteiger partial charge in [0.25, 0.3) is 0 Å². The van der Waals surface area contributed by atoms with E-state index < -0.39 is 0 Å². The van der Waals surface area contributed by atoms with E-state index in [0.29, 0.717) is 22.9 Å². The van der Waals surface area contributed by atoms with Crippen LogP contribution in [0.15, 0.2) is 18.2 Å². The normalized spacial score (nSPS) is 10.5. The highest BCUT2D eigenvalue weighted by atomic mass is 16.5. The Labute approximate surface area is 123 Å². The molecular weight excluding hydrogens is 272 g/mol. The number of ether oxygens (including phenoxy) is 3. The van der Waals surface area contributed by atoms with Crippen LogP contribution in [0.1, 0.15) is 13.8 Å². The van der Waals surface area contributed by atoms with E-state index in [1.807, 2.05) is 26.0 Å². The molecule has 1 aromatic heterocycles. The van der Waals surface area contributed by atoms with Crippen LogP contribution in [0.2, 0.25) is 0 Å².